The number of hydrogen-bond donors (Lipinski definition) is 0. The summed E-state index contributed by atoms with van der Waals surface area (Å²) in [6.07, 6.45) is 0. The van der Waals surface area contributed by atoms with Crippen LogP contribution >= 0.6 is 39.1 Å². The molecule has 6 heteroatoms. The molecule has 1 atom stereocenters. The minimum Gasteiger partial charge on any atom is -0.465 e. The van der Waals surface area contributed by atoms with Crippen LogP contribution in [0.3, 0.4) is 0 Å². The van der Waals surface area contributed by atoms with Gasteiger partial charge in [0.25, 0.3) is 0 Å². The Morgan fingerprint density at radius 1 is 1.29 bits per heavy atom. The molecule has 0 saturated carbocycles. The fraction of sp³-hybridized carbons (Fsp3) is 0.273. The van der Waals surface area contributed by atoms with Gasteiger partial charge in [-0.1, -0.05) is 39.1 Å². The topological polar surface area (TPSA) is 43.4 Å². The molecule has 1 unspecified atom stereocenters. The van der Waals surface area contributed by atoms with E-state index in [9.17, 15) is 9.59 Å². The molecule has 3 nitrogen and oxygen atoms in total. The van der Waals surface area contributed by atoms with E-state index in [1.165, 1.54) is 18.2 Å². The van der Waals surface area contributed by atoms with Gasteiger partial charge in [0.05, 0.1) is 6.61 Å². The van der Waals surface area contributed by atoms with Crippen LogP contribution in [0.25, 0.3) is 0 Å². The Hall–Kier alpha value is -0.580. The van der Waals surface area contributed by atoms with Crippen molar-refractivity contribution in [3.8, 4) is 0 Å². The maximum Gasteiger partial charge on any atom is 0.327 e. The molecule has 0 N–H and O–H groups in total. The minimum absolute atomic E-state index is 0.213. The average Bonchev–Trinajstić information content (AvgIpc) is 2.26. The molecule has 0 amide bonds. The Morgan fingerprint density at radius 3 is 2.29 bits per heavy atom. The van der Waals surface area contributed by atoms with Gasteiger partial charge in [0, 0.05) is 15.6 Å². The number of Topliss-reactive ketones (excluding diaryl/α,β-unsaturated/α-hetero) is 1. The van der Waals surface area contributed by atoms with Crippen molar-refractivity contribution in [3.63, 3.8) is 0 Å². The maximum atomic E-state index is 11.9. The van der Waals surface area contributed by atoms with Crippen molar-refractivity contribution >= 4 is 50.9 Å². The molecule has 17 heavy (non-hydrogen) atoms. The highest BCUT2D eigenvalue weighted by atomic mass is 79.9. The largest absolute Gasteiger partial charge is 0.465 e. The second-order valence-electron chi connectivity index (χ2n) is 3.14. The van der Waals surface area contributed by atoms with E-state index >= 15 is 0 Å². The number of benzene rings is 1. The van der Waals surface area contributed by atoms with E-state index in [1.807, 2.05) is 0 Å². The van der Waals surface area contributed by atoms with Crippen LogP contribution in [0.5, 0.6) is 0 Å². The monoisotopic (exact) mass is 338 g/mol. The maximum absolute atomic E-state index is 11.9. The predicted octanol–water partition coefficient (Wildman–Crippen LogP) is 3.50. The van der Waals surface area contributed by atoms with Crippen molar-refractivity contribution in [2.75, 3.05) is 6.61 Å². The number of rotatable bonds is 4. The number of alkyl halides is 1. The summed E-state index contributed by atoms with van der Waals surface area (Å²) in [7, 11) is 0. The number of carbonyl (C=O) groups is 2. The molecule has 1 aromatic carbocycles. The van der Waals surface area contributed by atoms with Crippen molar-refractivity contribution < 1.29 is 14.3 Å². The lowest BCUT2D eigenvalue weighted by molar-refractivity contribution is -0.141. The van der Waals surface area contributed by atoms with E-state index in [2.05, 4.69) is 15.9 Å². The Kier molecular flexibility index (Phi) is 5.43. The molecule has 0 aliphatic heterocycles. The molecule has 0 heterocycles. The third-order valence-corrected chi connectivity index (χ3v) is 3.10. The summed E-state index contributed by atoms with van der Waals surface area (Å²) in [5.74, 6) is -1.07. The number of esters is 1. The highest BCUT2D eigenvalue weighted by Gasteiger charge is 2.26. The van der Waals surface area contributed by atoms with Crippen molar-refractivity contribution in [2.24, 2.45) is 0 Å². The fourth-order valence-corrected chi connectivity index (χ4v) is 2.09. The molecular weight excluding hydrogens is 331 g/mol. The molecule has 1 aromatic rings. The van der Waals surface area contributed by atoms with Crippen molar-refractivity contribution in [1.29, 1.82) is 0 Å². The highest BCUT2D eigenvalue weighted by Crippen LogP contribution is 2.21. The van der Waals surface area contributed by atoms with Gasteiger partial charge < -0.3 is 4.74 Å². The lowest BCUT2D eigenvalue weighted by atomic mass is 10.1. The standard InChI is InChI=1S/C11H9BrCl2O3/c1-2-17-11(16)9(12)10(15)6-3-7(13)5-8(14)4-6/h3-5,9H,2H2,1H3. The minimum atomic E-state index is -1.04. The first-order valence-electron chi connectivity index (χ1n) is 4.76. The van der Waals surface area contributed by atoms with Gasteiger partial charge in [0.15, 0.2) is 10.6 Å². The molecule has 0 aromatic heterocycles. The summed E-state index contributed by atoms with van der Waals surface area (Å²) in [6, 6.07) is 4.40. The molecule has 0 spiro atoms. The second-order valence-corrected chi connectivity index (χ2v) is 4.93. The zero-order chi connectivity index (χ0) is 13.0. The lowest BCUT2D eigenvalue weighted by Crippen LogP contribution is -2.26. The molecular formula is C11H9BrCl2O3. The van der Waals surface area contributed by atoms with Gasteiger partial charge in [-0.2, -0.15) is 0 Å². The van der Waals surface area contributed by atoms with Gasteiger partial charge in [-0.3, -0.25) is 9.59 Å². The highest BCUT2D eigenvalue weighted by molar-refractivity contribution is 9.10. The number of halogens is 3. The molecule has 0 saturated heterocycles. The number of ketones is 1. The van der Waals surface area contributed by atoms with Gasteiger partial charge in [-0.15, -0.1) is 0 Å². The van der Waals surface area contributed by atoms with E-state index < -0.39 is 16.6 Å². The van der Waals surface area contributed by atoms with Crippen LogP contribution in [0.1, 0.15) is 17.3 Å². The summed E-state index contributed by atoms with van der Waals surface area (Å²) >= 11 is 14.5. The van der Waals surface area contributed by atoms with Crippen LogP contribution in [0.2, 0.25) is 10.0 Å². The molecule has 0 aliphatic rings. The average molecular weight is 340 g/mol. The Bertz CT molecular complexity index is 428. The van der Waals surface area contributed by atoms with Crippen molar-refractivity contribution in [2.45, 2.75) is 11.8 Å². The first-order chi connectivity index (χ1) is 7.95. The molecule has 92 valence electrons. The van der Waals surface area contributed by atoms with Gasteiger partial charge in [-0.05, 0) is 25.1 Å². The van der Waals surface area contributed by atoms with Gasteiger partial charge >= 0.3 is 5.97 Å². The SMILES string of the molecule is CCOC(=O)C(Br)C(=O)c1cc(Cl)cc(Cl)c1. The number of hydrogen-bond acceptors (Lipinski definition) is 3. The van der Waals surface area contributed by atoms with Gasteiger partial charge in [-0.25, -0.2) is 0 Å². The van der Waals surface area contributed by atoms with E-state index in [1.54, 1.807) is 6.92 Å². The molecule has 0 radical (unpaired) electrons. The third kappa shape index (κ3) is 3.98. The van der Waals surface area contributed by atoms with Crippen LogP contribution < -0.4 is 0 Å². The quantitative estimate of drug-likeness (QED) is 0.365. The Balaban J connectivity index is 2.92. The molecule has 0 bridgehead atoms. The summed E-state index contributed by atoms with van der Waals surface area (Å²) in [5, 5.41) is 0.675. The molecule has 0 aliphatic carbocycles. The van der Waals surface area contributed by atoms with Gasteiger partial charge in [0.1, 0.15) is 0 Å². The van der Waals surface area contributed by atoms with Crippen LogP contribution in [0, 0.1) is 0 Å². The van der Waals surface area contributed by atoms with E-state index in [4.69, 9.17) is 27.9 Å². The third-order valence-electron chi connectivity index (χ3n) is 1.87. The van der Waals surface area contributed by atoms with E-state index in [-0.39, 0.29) is 12.2 Å². The smallest absolute Gasteiger partial charge is 0.327 e. The first-order valence-corrected chi connectivity index (χ1v) is 6.44. The first kappa shape index (κ1) is 14.5. The van der Waals surface area contributed by atoms with Crippen LogP contribution in [-0.4, -0.2) is 23.2 Å². The van der Waals surface area contributed by atoms with E-state index in [0.29, 0.717) is 10.0 Å². The normalized spacial score (nSPS) is 12.0. The zero-order valence-electron chi connectivity index (χ0n) is 8.88. The number of carbonyl (C=O) groups excluding carboxylic acids is 2. The predicted molar refractivity (Wildman–Crippen MR) is 70.1 cm³/mol. The van der Waals surface area contributed by atoms with Crippen LogP contribution in [0.15, 0.2) is 18.2 Å². The number of ether oxygens (including phenoxy) is 1. The Labute approximate surface area is 117 Å². The second kappa shape index (κ2) is 6.38. The zero-order valence-corrected chi connectivity index (χ0v) is 12.0. The summed E-state index contributed by atoms with van der Waals surface area (Å²) < 4.78 is 4.73. The molecule has 1 rings (SSSR count). The molecule has 0 fully saturated rings. The van der Waals surface area contributed by atoms with Crippen LogP contribution in [-0.2, 0) is 9.53 Å². The van der Waals surface area contributed by atoms with Crippen molar-refractivity contribution in [3.05, 3.63) is 33.8 Å². The Morgan fingerprint density at radius 2 is 1.82 bits per heavy atom. The fourth-order valence-electron chi connectivity index (χ4n) is 1.16. The summed E-state index contributed by atoms with van der Waals surface area (Å²) in [5.41, 5.74) is 0.262. The van der Waals surface area contributed by atoms with Crippen molar-refractivity contribution in [1.82, 2.24) is 0 Å². The van der Waals surface area contributed by atoms with Crippen LogP contribution in [0.4, 0.5) is 0 Å². The summed E-state index contributed by atoms with van der Waals surface area (Å²) in [6.45, 7) is 1.88. The lowest BCUT2D eigenvalue weighted by Gasteiger charge is -2.08. The van der Waals surface area contributed by atoms with E-state index in [0.717, 1.165) is 0 Å². The summed E-state index contributed by atoms with van der Waals surface area (Å²) in [4.78, 5) is 22.2. The van der Waals surface area contributed by atoms with Gasteiger partial charge in [0.2, 0.25) is 0 Å².